The van der Waals surface area contributed by atoms with Crippen LogP contribution in [0.15, 0.2) is 34.7 Å². The molecule has 5 nitrogen and oxygen atoms in total. The quantitative estimate of drug-likeness (QED) is 0.720. The Hall–Kier alpha value is -2.30. The first-order chi connectivity index (χ1) is 9.15. The van der Waals surface area contributed by atoms with Crippen LogP contribution in [0.25, 0.3) is 5.84 Å². The van der Waals surface area contributed by atoms with Crippen molar-refractivity contribution in [3.63, 3.8) is 0 Å². The molecule has 0 amide bonds. The van der Waals surface area contributed by atoms with Crippen LogP contribution in [0, 0.1) is 6.92 Å². The molecule has 0 unspecified atom stereocenters. The second-order valence-electron chi connectivity index (χ2n) is 4.70. The van der Waals surface area contributed by atoms with E-state index in [-0.39, 0.29) is 0 Å². The van der Waals surface area contributed by atoms with E-state index in [1.807, 2.05) is 37.3 Å². The minimum absolute atomic E-state index is 0.298. The highest BCUT2D eigenvalue weighted by molar-refractivity contribution is 5.33. The van der Waals surface area contributed by atoms with Gasteiger partial charge in [0, 0.05) is 0 Å². The summed E-state index contributed by atoms with van der Waals surface area (Å²) in [4.78, 5) is 4.23. The maximum Gasteiger partial charge on any atom is 0.344 e. The Morgan fingerprint density at radius 1 is 1.21 bits per heavy atom. The number of para-hydroxylation sites is 1. The number of nitrogens with zero attached hydrogens (tertiary/aromatic N) is 3. The molecule has 0 bridgehead atoms. The van der Waals surface area contributed by atoms with Gasteiger partial charge in [-0.25, -0.2) is 0 Å². The zero-order valence-electron chi connectivity index (χ0n) is 11.1. The number of ether oxygens (including phenoxy) is 1. The van der Waals surface area contributed by atoms with Gasteiger partial charge in [0.1, 0.15) is 11.5 Å². The molecule has 3 rings (SSSR count). The summed E-state index contributed by atoms with van der Waals surface area (Å²) in [5.41, 5.74) is 1.02. The summed E-state index contributed by atoms with van der Waals surface area (Å²) in [6, 6.07) is 9.75. The van der Waals surface area contributed by atoms with Crippen molar-refractivity contribution in [3.05, 3.63) is 41.8 Å². The van der Waals surface area contributed by atoms with Crippen LogP contribution in [-0.2, 0) is 0 Å². The molecule has 19 heavy (non-hydrogen) atoms. The summed E-state index contributed by atoms with van der Waals surface area (Å²) in [5, 5.41) is 4.34. The minimum atomic E-state index is 0.298. The minimum Gasteiger partial charge on any atom is -0.427 e. The first-order valence-corrected chi connectivity index (χ1v) is 6.24. The van der Waals surface area contributed by atoms with Crippen molar-refractivity contribution >= 4 is 5.84 Å². The van der Waals surface area contributed by atoms with Crippen LogP contribution in [0.5, 0.6) is 11.8 Å². The van der Waals surface area contributed by atoms with E-state index in [9.17, 15) is 0 Å². The number of aromatic nitrogens is 3. The zero-order chi connectivity index (χ0) is 13.4. The molecule has 1 aromatic carbocycles. The molecule has 0 aliphatic carbocycles. The molecule has 5 heteroatoms. The molecule has 0 aliphatic heterocycles. The van der Waals surface area contributed by atoms with Gasteiger partial charge in [0.2, 0.25) is 0 Å². The summed E-state index contributed by atoms with van der Waals surface area (Å²) < 4.78 is 12.9. The highest BCUT2D eigenvalue weighted by Gasteiger charge is 2.18. The standard InChI is InChI=1S/C14H15N3O2/c1-9(2)12-10(3)18-14-15-13(16-17(12)14)19-11-7-5-4-6-8-11/h4-9H,1-3H3. The van der Waals surface area contributed by atoms with Crippen LogP contribution in [0.2, 0.25) is 0 Å². The van der Waals surface area contributed by atoms with E-state index < -0.39 is 0 Å². The summed E-state index contributed by atoms with van der Waals surface area (Å²) in [6.07, 6.45) is 0. The van der Waals surface area contributed by atoms with Gasteiger partial charge in [-0.3, -0.25) is 0 Å². The number of hydrogen-bond donors (Lipinski definition) is 0. The number of rotatable bonds is 3. The maximum absolute atomic E-state index is 5.59. The normalized spacial score (nSPS) is 11.4. The lowest BCUT2D eigenvalue weighted by Crippen LogP contribution is -1.98. The summed E-state index contributed by atoms with van der Waals surface area (Å²) in [5.74, 6) is 2.33. The third-order valence-corrected chi connectivity index (χ3v) is 2.89. The van der Waals surface area contributed by atoms with Gasteiger partial charge in [-0.1, -0.05) is 32.0 Å². The Kier molecular flexibility index (Phi) is 2.74. The number of aryl methyl sites for hydroxylation is 1. The third kappa shape index (κ3) is 2.07. The van der Waals surface area contributed by atoms with E-state index in [0.717, 1.165) is 11.5 Å². The number of benzene rings is 1. The van der Waals surface area contributed by atoms with E-state index in [1.54, 1.807) is 4.52 Å². The van der Waals surface area contributed by atoms with E-state index in [4.69, 9.17) is 9.15 Å². The smallest absolute Gasteiger partial charge is 0.344 e. The highest BCUT2D eigenvalue weighted by atomic mass is 16.5. The summed E-state index contributed by atoms with van der Waals surface area (Å²) in [7, 11) is 0. The Morgan fingerprint density at radius 3 is 2.63 bits per heavy atom. The van der Waals surface area contributed by atoms with Crippen LogP contribution < -0.4 is 4.74 Å². The SMILES string of the molecule is Cc1oc2nc(Oc3ccccc3)nn2c1C(C)C. The Balaban J connectivity index is 1.99. The molecule has 2 aromatic heterocycles. The van der Waals surface area contributed by atoms with E-state index >= 15 is 0 Å². The lowest BCUT2D eigenvalue weighted by Gasteiger charge is -2.02. The number of hydrogen-bond acceptors (Lipinski definition) is 4. The van der Waals surface area contributed by atoms with Crippen molar-refractivity contribution < 1.29 is 9.15 Å². The summed E-state index contributed by atoms with van der Waals surface area (Å²) in [6.45, 7) is 6.11. The van der Waals surface area contributed by atoms with Crippen LogP contribution in [0.3, 0.4) is 0 Å². The average molecular weight is 257 g/mol. The van der Waals surface area contributed by atoms with Gasteiger partial charge in [-0.05, 0) is 25.0 Å². The molecular formula is C14H15N3O2. The number of fused-ring (bicyclic) bond motifs is 1. The topological polar surface area (TPSA) is 52.6 Å². The number of oxazole rings is 1. The van der Waals surface area contributed by atoms with Crippen LogP contribution in [0.1, 0.15) is 31.2 Å². The van der Waals surface area contributed by atoms with E-state index in [2.05, 4.69) is 23.9 Å². The predicted octanol–water partition coefficient (Wildman–Crippen LogP) is 3.55. The predicted molar refractivity (Wildman–Crippen MR) is 70.6 cm³/mol. The van der Waals surface area contributed by atoms with Gasteiger partial charge in [-0.2, -0.15) is 4.52 Å². The first-order valence-electron chi connectivity index (χ1n) is 6.24. The largest absolute Gasteiger partial charge is 0.427 e. The molecule has 2 heterocycles. The molecule has 98 valence electrons. The van der Waals surface area contributed by atoms with Crippen molar-refractivity contribution in [2.75, 3.05) is 0 Å². The van der Waals surface area contributed by atoms with Crippen molar-refractivity contribution in [1.29, 1.82) is 0 Å². The van der Waals surface area contributed by atoms with Crippen LogP contribution >= 0.6 is 0 Å². The van der Waals surface area contributed by atoms with E-state index in [1.165, 1.54) is 0 Å². The van der Waals surface area contributed by atoms with Crippen molar-refractivity contribution in [3.8, 4) is 11.8 Å². The van der Waals surface area contributed by atoms with Gasteiger partial charge in [-0.15, -0.1) is 10.1 Å². The lowest BCUT2D eigenvalue weighted by molar-refractivity contribution is 0.439. The Bertz CT molecular complexity index is 698. The van der Waals surface area contributed by atoms with Gasteiger partial charge in [0.05, 0.1) is 5.69 Å². The molecule has 0 atom stereocenters. The fraction of sp³-hybridized carbons (Fsp3) is 0.286. The third-order valence-electron chi connectivity index (χ3n) is 2.89. The fourth-order valence-electron chi connectivity index (χ4n) is 2.13. The Morgan fingerprint density at radius 2 is 1.95 bits per heavy atom. The average Bonchev–Trinajstić information content (AvgIpc) is 2.85. The molecule has 0 radical (unpaired) electrons. The van der Waals surface area contributed by atoms with E-state index in [0.29, 0.717) is 23.5 Å². The highest BCUT2D eigenvalue weighted by Crippen LogP contribution is 2.25. The van der Waals surface area contributed by atoms with Gasteiger partial charge in [0.25, 0.3) is 0 Å². The van der Waals surface area contributed by atoms with Gasteiger partial charge >= 0.3 is 11.9 Å². The van der Waals surface area contributed by atoms with Gasteiger partial charge < -0.3 is 9.15 Å². The van der Waals surface area contributed by atoms with Crippen LogP contribution in [-0.4, -0.2) is 14.6 Å². The molecule has 0 aliphatic rings. The first kappa shape index (κ1) is 11.8. The molecule has 0 spiro atoms. The fourth-order valence-corrected chi connectivity index (χ4v) is 2.13. The Labute approximate surface area is 110 Å². The molecule has 0 saturated carbocycles. The molecular weight excluding hydrogens is 242 g/mol. The molecule has 0 N–H and O–H groups in total. The lowest BCUT2D eigenvalue weighted by atomic mass is 10.1. The van der Waals surface area contributed by atoms with Gasteiger partial charge in [0.15, 0.2) is 0 Å². The van der Waals surface area contributed by atoms with Crippen molar-refractivity contribution in [2.45, 2.75) is 26.7 Å². The van der Waals surface area contributed by atoms with Crippen molar-refractivity contribution in [1.82, 2.24) is 14.6 Å². The summed E-state index contributed by atoms with van der Waals surface area (Å²) >= 11 is 0. The molecule has 0 fully saturated rings. The van der Waals surface area contributed by atoms with Crippen LogP contribution in [0.4, 0.5) is 0 Å². The monoisotopic (exact) mass is 257 g/mol. The second kappa shape index (κ2) is 4.42. The van der Waals surface area contributed by atoms with Crippen molar-refractivity contribution in [2.24, 2.45) is 0 Å². The molecule has 3 aromatic rings. The second-order valence-corrected chi connectivity index (χ2v) is 4.70. The zero-order valence-corrected chi connectivity index (χ0v) is 11.1. The maximum atomic E-state index is 5.59. The molecule has 0 saturated heterocycles.